The van der Waals surface area contributed by atoms with E-state index in [0.29, 0.717) is 0 Å². The Bertz CT molecular complexity index is 171. The number of aliphatic hydroxyl groups is 2. The maximum Gasteiger partial charge on any atom is 0.0947 e. The second-order valence-electron chi connectivity index (χ2n) is 3.30. The molecule has 13 heavy (non-hydrogen) atoms. The molecular formula is C9H20O2SSi. The highest BCUT2D eigenvalue weighted by atomic mass is 32.1. The summed E-state index contributed by atoms with van der Waals surface area (Å²) in [7, 11) is -0.990. The summed E-state index contributed by atoms with van der Waals surface area (Å²) in [5.74, 6) is 0. The van der Waals surface area contributed by atoms with E-state index in [1.54, 1.807) is 0 Å². The molecule has 0 aliphatic carbocycles. The van der Waals surface area contributed by atoms with Crippen molar-refractivity contribution in [3.8, 4) is 0 Å². The van der Waals surface area contributed by atoms with Gasteiger partial charge in [0.15, 0.2) is 0 Å². The van der Waals surface area contributed by atoms with Crippen molar-refractivity contribution in [2.45, 2.75) is 44.0 Å². The molecule has 0 radical (unpaired) electrons. The van der Waals surface area contributed by atoms with Gasteiger partial charge < -0.3 is 10.2 Å². The zero-order chi connectivity index (χ0) is 10.3. The van der Waals surface area contributed by atoms with Crippen LogP contribution in [0.2, 0.25) is 6.55 Å². The van der Waals surface area contributed by atoms with Crippen LogP contribution < -0.4 is 0 Å². The predicted molar refractivity (Wildman–Crippen MR) is 62.6 cm³/mol. The first-order chi connectivity index (χ1) is 6.13. The van der Waals surface area contributed by atoms with Gasteiger partial charge in [-0.3, -0.25) is 0 Å². The van der Waals surface area contributed by atoms with E-state index in [1.165, 1.54) is 19.3 Å². The van der Waals surface area contributed by atoms with Gasteiger partial charge in [0.1, 0.15) is 0 Å². The lowest BCUT2D eigenvalue weighted by atomic mass is 10.2. The maximum absolute atomic E-state index is 9.32. The highest BCUT2D eigenvalue weighted by Crippen LogP contribution is 2.09. The fourth-order valence-corrected chi connectivity index (χ4v) is 3.02. The maximum atomic E-state index is 9.32. The summed E-state index contributed by atoms with van der Waals surface area (Å²) < 4.78 is 0. The smallest absolute Gasteiger partial charge is 0.0947 e. The van der Waals surface area contributed by atoms with Gasteiger partial charge in [-0.05, 0) is 6.42 Å². The lowest BCUT2D eigenvalue weighted by Gasteiger charge is -2.11. The number of hydrogen-bond donors (Lipinski definition) is 3. The van der Waals surface area contributed by atoms with Crippen molar-refractivity contribution in [3.05, 3.63) is 0 Å². The molecule has 0 aliphatic heterocycles. The monoisotopic (exact) mass is 220 g/mol. The number of thiol groups is 1. The molecule has 78 valence electrons. The molecule has 0 rings (SSSR count). The Morgan fingerprint density at radius 2 is 2.08 bits per heavy atom. The first kappa shape index (κ1) is 13.2. The molecule has 0 bridgehead atoms. The number of unbranched alkanes of at least 4 members (excludes halogenated alkanes) is 2. The third kappa shape index (κ3) is 5.49. The second-order valence-corrected chi connectivity index (χ2v) is 7.05. The first-order valence-electron chi connectivity index (χ1n) is 4.81. The molecule has 4 heteroatoms. The summed E-state index contributed by atoms with van der Waals surface area (Å²) in [6.45, 7) is 3.97. The zero-order valence-corrected chi connectivity index (χ0v) is 10.3. The Balaban J connectivity index is 3.88. The molecule has 0 saturated heterocycles. The van der Waals surface area contributed by atoms with Crippen LogP contribution in [0.3, 0.4) is 0 Å². The molecule has 2 nitrogen and oxygen atoms in total. The SMILES string of the molecule is CCCCCC(S)/[Si](C)=C(\O)CO. The molecule has 0 amide bonds. The normalized spacial score (nSPS) is 15.4. The van der Waals surface area contributed by atoms with E-state index in [1.807, 2.05) is 6.55 Å². The van der Waals surface area contributed by atoms with Crippen molar-refractivity contribution >= 4 is 26.4 Å². The third-order valence-corrected chi connectivity index (χ3v) is 5.96. The lowest BCUT2D eigenvalue weighted by molar-refractivity contribution is 0.331. The molecule has 2 N–H and O–H groups in total. The van der Waals surface area contributed by atoms with Crippen molar-refractivity contribution in [1.82, 2.24) is 0 Å². The molecule has 1 atom stereocenters. The van der Waals surface area contributed by atoms with Gasteiger partial charge in [-0.1, -0.05) is 32.7 Å². The Labute approximate surface area is 87.6 Å². The largest absolute Gasteiger partial charge is 0.516 e. The molecule has 0 heterocycles. The highest BCUT2D eigenvalue weighted by Gasteiger charge is 2.10. The van der Waals surface area contributed by atoms with E-state index in [2.05, 4.69) is 19.6 Å². The number of hydrogen-bond acceptors (Lipinski definition) is 3. The van der Waals surface area contributed by atoms with E-state index in [-0.39, 0.29) is 16.8 Å². The van der Waals surface area contributed by atoms with Crippen LogP contribution in [0.15, 0.2) is 0 Å². The fraction of sp³-hybridized carbons (Fsp3) is 0.889. The van der Waals surface area contributed by atoms with Crippen LogP contribution in [0, 0.1) is 0 Å². The van der Waals surface area contributed by atoms with E-state index < -0.39 is 8.41 Å². The van der Waals surface area contributed by atoms with Crippen LogP contribution in [0.25, 0.3) is 0 Å². The predicted octanol–water partition coefficient (Wildman–Crippen LogP) is 1.61. The second kappa shape index (κ2) is 7.59. The summed E-state index contributed by atoms with van der Waals surface area (Å²) in [6, 6.07) is 0. The van der Waals surface area contributed by atoms with Crippen LogP contribution in [0.1, 0.15) is 32.6 Å². The van der Waals surface area contributed by atoms with Gasteiger partial charge in [0.2, 0.25) is 0 Å². The van der Waals surface area contributed by atoms with Crippen molar-refractivity contribution < 1.29 is 10.2 Å². The molecule has 0 saturated carbocycles. The topological polar surface area (TPSA) is 40.5 Å². The minimum absolute atomic E-state index is 0.199. The molecule has 0 aliphatic rings. The average Bonchev–Trinajstić information content (AvgIpc) is 2.15. The van der Waals surface area contributed by atoms with Gasteiger partial charge in [0.05, 0.1) is 20.4 Å². The number of rotatable bonds is 6. The molecule has 0 spiro atoms. The summed E-state index contributed by atoms with van der Waals surface area (Å²) in [4.78, 5) is 0.267. The standard InChI is InChI=1S/C9H20O2SSi/c1-3-4-5-6-9(12)13(2)8(11)7-10/h9-12H,3-7H2,1-2H3/b13-8-. The van der Waals surface area contributed by atoms with E-state index in [4.69, 9.17) is 5.11 Å². The molecule has 1 unspecified atom stereocenters. The first-order valence-corrected chi connectivity index (χ1v) is 7.40. The fourth-order valence-electron chi connectivity index (χ4n) is 1.12. The molecule has 0 aromatic carbocycles. The van der Waals surface area contributed by atoms with Crippen molar-refractivity contribution in [3.63, 3.8) is 0 Å². The van der Waals surface area contributed by atoms with Gasteiger partial charge in [0.25, 0.3) is 0 Å². The quantitative estimate of drug-likeness (QED) is 0.361. The third-order valence-electron chi connectivity index (χ3n) is 2.19. The number of aliphatic hydroxyl groups excluding tert-OH is 2. The zero-order valence-electron chi connectivity index (χ0n) is 8.45. The molecule has 0 fully saturated rings. The van der Waals surface area contributed by atoms with Gasteiger partial charge in [-0.15, -0.1) is 0 Å². The van der Waals surface area contributed by atoms with Gasteiger partial charge in [-0.25, -0.2) is 0 Å². The average molecular weight is 220 g/mol. The van der Waals surface area contributed by atoms with Crippen LogP contribution in [-0.4, -0.2) is 35.5 Å². The van der Waals surface area contributed by atoms with E-state index in [0.717, 1.165) is 6.42 Å². The van der Waals surface area contributed by atoms with E-state index in [9.17, 15) is 5.11 Å². The van der Waals surface area contributed by atoms with E-state index >= 15 is 0 Å². The minimum Gasteiger partial charge on any atom is -0.516 e. The summed E-state index contributed by atoms with van der Waals surface area (Å²) >= 11 is 4.44. The van der Waals surface area contributed by atoms with Crippen LogP contribution >= 0.6 is 12.6 Å². The Kier molecular flexibility index (Phi) is 7.70. The van der Waals surface area contributed by atoms with Gasteiger partial charge in [0, 0.05) is 4.87 Å². The summed E-state index contributed by atoms with van der Waals surface area (Å²) in [6.07, 6.45) is 4.66. The molecule has 0 aromatic heterocycles. The Hall–Kier alpha value is 0.197. The van der Waals surface area contributed by atoms with Gasteiger partial charge >= 0.3 is 0 Å². The van der Waals surface area contributed by atoms with Crippen molar-refractivity contribution in [1.29, 1.82) is 0 Å². The highest BCUT2D eigenvalue weighted by molar-refractivity contribution is 7.82. The summed E-state index contributed by atoms with van der Waals surface area (Å²) in [5, 5.41) is 18.3. The van der Waals surface area contributed by atoms with Crippen LogP contribution in [0.5, 0.6) is 0 Å². The molecular weight excluding hydrogens is 200 g/mol. The van der Waals surface area contributed by atoms with Crippen molar-refractivity contribution in [2.75, 3.05) is 6.61 Å². The lowest BCUT2D eigenvalue weighted by Crippen LogP contribution is -2.25. The van der Waals surface area contributed by atoms with Crippen LogP contribution in [-0.2, 0) is 0 Å². The Morgan fingerprint density at radius 1 is 1.46 bits per heavy atom. The summed E-state index contributed by atoms with van der Waals surface area (Å²) in [5.41, 5.74) is 0. The van der Waals surface area contributed by atoms with Crippen LogP contribution in [0.4, 0.5) is 0 Å². The van der Waals surface area contributed by atoms with Gasteiger partial charge in [-0.2, -0.15) is 12.6 Å². The van der Waals surface area contributed by atoms with Crippen molar-refractivity contribution in [2.24, 2.45) is 0 Å². The minimum atomic E-state index is -0.990. The Morgan fingerprint density at radius 3 is 2.54 bits per heavy atom. The molecule has 0 aromatic rings.